The van der Waals surface area contributed by atoms with Crippen molar-refractivity contribution >= 4 is 29.1 Å². The number of anilines is 1. The Bertz CT molecular complexity index is 866. The average Bonchev–Trinajstić information content (AvgIpc) is 2.70. The molecule has 2 aromatic rings. The van der Waals surface area contributed by atoms with Crippen LogP contribution in [-0.2, 0) is 4.74 Å². The molecule has 7 nitrogen and oxygen atoms in total. The number of ether oxygens (including phenoxy) is 2. The van der Waals surface area contributed by atoms with Crippen LogP contribution in [0.2, 0.25) is 5.02 Å². The molecule has 27 heavy (non-hydrogen) atoms. The average molecular weight is 390 g/mol. The lowest BCUT2D eigenvalue weighted by Gasteiger charge is -2.26. The number of pyridine rings is 1. The predicted molar refractivity (Wildman–Crippen MR) is 102 cm³/mol. The summed E-state index contributed by atoms with van der Waals surface area (Å²) in [5.41, 5.74) is 1.87. The molecule has 2 amide bonds. The molecule has 0 saturated carbocycles. The molecule has 1 aromatic carbocycles. The summed E-state index contributed by atoms with van der Waals surface area (Å²) in [6.45, 7) is 3.86. The summed E-state index contributed by atoms with van der Waals surface area (Å²) in [5.74, 6) is -0.126. The Morgan fingerprint density at radius 3 is 2.70 bits per heavy atom. The van der Waals surface area contributed by atoms with Crippen molar-refractivity contribution in [3.63, 3.8) is 0 Å². The van der Waals surface area contributed by atoms with Gasteiger partial charge in [0.1, 0.15) is 11.4 Å². The van der Waals surface area contributed by atoms with Crippen molar-refractivity contribution in [1.29, 1.82) is 0 Å². The minimum atomic E-state index is -0.367. The normalized spacial score (nSPS) is 14.0. The van der Waals surface area contributed by atoms with Crippen molar-refractivity contribution in [2.24, 2.45) is 0 Å². The second kappa shape index (κ2) is 8.37. The summed E-state index contributed by atoms with van der Waals surface area (Å²) in [4.78, 5) is 31.0. The lowest BCUT2D eigenvalue weighted by atomic mass is 10.1. The van der Waals surface area contributed by atoms with E-state index in [1.54, 1.807) is 23.1 Å². The number of hydrogen-bond donors (Lipinski definition) is 1. The van der Waals surface area contributed by atoms with Crippen LogP contribution in [-0.4, -0.2) is 55.1 Å². The summed E-state index contributed by atoms with van der Waals surface area (Å²) in [6.07, 6.45) is 1.45. The number of hydrogen-bond acceptors (Lipinski definition) is 5. The number of carbonyl (C=O) groups is 2. The topological polar surface area (TPSA) is 80.8 Å². The third-order valence-electron chi connectivity index (χ3n) is 4.27. The zero-order valence-corrected chi connectivity index (χ0v) is 15.9. The Hall–Kier alpha value is -2.64. The van der Waals surface area contributed by atoms with Crippen molar-refractivity contribution in [2.75, 3.05) is 38.7 Å². The molecular formula is C19H20ClN3O4. The summed E-state index contributed by atoms with van der Waals surface area (Å²) >= 11 is 6.10. The van der Waals surface area contributed by atoms with Gasteiger partial charge in [-0.2, -0.15) is 0 Å². The summed E-state index contributed by atoms with van der Waals surface area (Å²) in [6, 6.07) is 6.43. The molecule has 1 N–H and O–H groups in total. The maximum Gasteiger partial charge on any atom is 0.272 e. The minimum absolute atomic E-state index is 0.215. The highest BCUT2D eigenvalue weighted by Gasteiger charge is 2.21. The molecule has 0 atom stereocenters. The molecule has 3 rings (SSSR count). The Kier molecular flexibility index (Phi) is 5.93. The first-order chi connectivity index (χ1) is 13.0. The fourth-order valence-corrected chi connectivity index (χ4v) is 2.90. The van der Waals surface area contributed by atoms with E-state index in [2.05, 4.69) is 10.3 Å². The molecule has 0 unspecified atom stereocenters. The number of nitrogens with one attached hydrogen (secondary N) is 1. The van der Waals surface area contributed by atoms with Crippen molar-refractivity contribution in [1.82, 2.24) is 9.88 Å². The number of halogens is 1. The molecule has 142 valence electrons. The van der Waals surface area contributed by atoms with Gasteiger partial charge in [0.15, 0.2) is 0 Å². The molecule has 8 heteroatoms. The van der Waals surface area contributed by atoms with Crippen molar-refractivity contribution < 1.29 is 19.1 Å². The standard InChI is InChI=1S/C19H20ClN3O4/c1-12-9-15(17(26-2)11-14(12)20)22-18(24)13-3-4-21-16(10-13)19(25)23-5-7-27-8-6-23/h3-4,9-11H,5-8H2,1-2H3,(H,22,24). The van der Waals surface area contributed by atoms with E-state index in [9.17, 15) is 9.59 Å². The van der Waals surface area contributed by atoms with Gasteiger partial charge in [-0.3, -0.25) is 14.6 Å². The first kappa shape index (κ1) is 19.1. The number of carbonyl (C=O) groups excluding carboxylic acids is 2. The van der Waals surface area contributed by atoms with E-state index in [4.69, 9.17) is 21.1 Å². The van der Waals surface area contributed by atoms with Gasteiger partial charge in [-0.1, -0.05) is 11.6 Å². The highest BCUT2D eigenvalue weighted by atomic mass is 35.5. The maximum absolute atomic E-state index is 12.7. The van der Waals surface area contributed by atoms with Crippen molar-refractivity contribution in [3.05, 3.63) is 52.3 Å². The summed E-state index contributed by atoms with van der Waals surface area (Å²) in [5, 5.41) is 3.34. The number of rotatable bonds is 4. The van der Waals surface area contributed by atoms with Crippen molar-refractivity contribution in [3.8, 4) is 5.75 Å². The number of benzene rings is 1. The number of methoxy groups -OCH3 is 1. The molecule has 1 aliphatic heterocycles. The number of amides is 2. The van der Waals surface area contributed by atoms with Crippen molar-refractivity contribution in [2.45, 2.75) is 6.92 Å². The van der Waals surface area contributed by atoms with Crippen LogP contribution in [0.4, 0.5) is 5.69 Å². The van der Waals surface area contributed by atoms with Gasteiger partial charge in [-0.25, -0.2) is 0 Å². The fourth-order valence-electron chi connectivity index (χ4n) is 2.74. The zero-order valence-electron chi connectivity index (χ0n) is 15.1. The van der Waals surface area contributed by atoms with E-state index < -0.39 is 0 Å². The lowest BCUT2D eigenvalue weighted by Crippen LogP contribution is -2.41. The first-order valence-corrected chi connectivity index (χ1v) is 8.86. The van der Waals surface area contributed by atoms with Gasteiger partial charge in [0.05, 0.1) is 26.0 Å². The molecule has 0 bridgehead atoms. The smallest absolute Gasteiger partial charge is 0.272 e. The molecule has 1 fully saturated rings. The largest absolute Gasteiger partial charge is 0.495 e. The van der Waals surface area contributed by atoms with Crippen LogP contribution < -0.4 is 10.1 Å². The monoisotopic (exact) mass is 389 g/mol. The van der Waals surface area contributed by atoms with Gasteiger partial charge in [0.25, 0.3) is 11.8 Å². The third-order valence-corrected chi connectivity index (χ3v) is 4.68. The van der Waals surface area contributed by atoms with Crippen LogP contribution in [0.15, 0.2) is 30.5 Å². The highest BCUT2D eigenvalue weighted by molar-refractivity contribution is 6.31. The Labute approximate surface area is 162 Å². The maximum atomic E-state index is 12.7. The molecular weight excluding hydrogens is 370 g/mol. The quantitative estimate of drug-likeness (QED) is 0.869. The predicted octanol–water partition coefficient (Wildman–Crippen LogP) is 2.78. The van der Waals surface area contributed by atoms with E-state index in [0.29, 0.717) is 48.3 Å². The first-order valence-electron chi connectivity index (χ1n) is 8.48. The van der Waals surface area contributed by atoms with Crippen LogP contribution >= 0.6 is 11.6 Å². The molecule has 0 radical (unpaired) electrons. The lowest BCUT2D eigenvalue weighted by molar-refractivity contribution is 0.0299. The summed E-state index contributed by atoms with van der Waals surface area (Å²) < 4.78 is 10.5. The van der Waals surface area contributed by atoms with E-state index in [-0.39, 0.29) is 17.5 Å². The van der Waals surface area contributed by atoms with Gasteiger partial charge < -0.3 is 19.7 Å². The van der Waals surface area contributed by atoms with E-state index in [1.807, 2.05) is 6.92 Å². The van der Waals surface area contributed by atoms with Gasteiger partial charge in [0, 0.05) is 35.9 Å². The molecule has 1 aliphatic rings. The van der Waals surface area contributed by atoms with Gasteiger partial charge in [-0.05, 0) is 30.7 Å². The Morgan fingerprint density at radius 1 is 1.26 bits per heavy atom. The van der Waals surface area contributed by atoms with Crippen LogP contribution in [0.5, 0.6) is 5.75 Å². The molecule has 0 aliphatic carbocycles. The number of morpholine rings is 1. The molecule has 1 saturated heterocycles. The second-order valence-corrected chi connectivity index (χ2v) is 6.50. The zero-order chi connectivity index (χ0) is 19.4. The molecule has 1 aromatic heterocycles. The van der Waals surface area contributed by atoms with Crippen LogP contribution in [0.3, 0.4) is 0 Å². The number of aryl methyl sites for hydroxylation is 1. The summed E-state index contributed by atoms with van der Waals surface area (Å²) in [7, 11) is 1.50. The van der Waals surface area contributed by atoms with Crippen LogP contribution in [0.25, 0.3) is 0 Å². The highest BCUT2D eigenvalue weighted by Crippen LogP contribution is 2.31. The van der Waals surface area contributed by atoms with Crippen LogP contribution in [0.1, 0.15) is 26.4 Å². The van der Waals surface area contributed by atoms with Gasteiger partial charge in [-0.15, -0.1) is 0 Å². The SMILES string of the molecule is COc1cc(Cl)c(C)cc1NC(=O)c1ccnc(C(=O)N2CCOCC2)c1. The Balaban J connectivity index is 1.80. The van der Waals surface area contributed by atoms with E-state index in [1.165, 1.54) is 19.4 Å². The number of aromatic nitrogens is 1. The van der Waals surface area contributed by atoms with E-state index >= 15 is 0 Å². The second-order valence-electron chi connectivity index (χ2n) is 6.09. The minimum Gasteiger partial charge on any atom is -0.495 e. The van der Waals surface area contributed by atoms with Gasteiger partial charge in [0.2, 0.25) is 0 Å². The fraction of sp³-hybridized carbons (Fsp3) is 0.316. The Morgan fingerprint density at radius 2 is 2.00 bits per heavy atom. The molecule has 0 spiro atoms. The third kappa shape index (κ3) is 4.37. The molecule has 2 heterocycles. The van der Waals surface area contributed by atoms with Gasteiger partial charge >= 0.3 is 0 Å². The van der Waals surface area contributed by atoms with E-state index in [0.717, 1.165) is 5.56 Å². The number of nitrogens with zero attached hydrogens (tertiary/aromatic N) is 2. The van der Waals surface area contributed by atoms with Crippen LogP contribution in [0, 0.1) is 6.92 Å².